The van der Waals surface area contributed by atoms with Gasteiger partial charge in [0.15, 0.2) is 0 Å². The lowest BCUT2D eigenvalue weighted by Crippen LogP contribution is -2.28. The van der Waals surface area contributed by atoms with Crippen LogP contribution >= 0.6 is 0 Å². The molecule has 1 saturated heterocycles. The molecule has 3 heteroatoms. The molecule has 3 nitrogen and oxygen atoms in total. The van der Waals surface area contributed by atoms with Gasteiger partial charge in [0.05, 0.1) is 0 Å². The van der Waals surface area contributed by atoms with E-state index in [-0.39, 0.29) is 6.03 Å². The topological polar surface area (TPSA) is 23.6 Å². The predicted octanol–water partition coefficient (Wildman–Crippen LogP) is 0.374. The van der Waals surface area contributed by atoms with Crippen molar-refractivity contribution in [1.82, 2.24) is 9.80 Å². The molecule has 1 heterocycles. The third-order valence-electron chi connectivity index (χ3n) is 1.68. The van der Waals surface area contributed by atoms with E-state index >= 15 is 0 Å². The van der Waals surface area contributed by atoms with Crippen molar-refractivity contribution in [1.29, 1.82) is 0 Å². The van der Waals surface area contributed by atoms with Gasteiger partial charge in [-0.05, 0) is 6.92 Å². The van der Waals surface area contributed by atoms with Crippen LogP contribution in [0.3, 0.4) is 0 Å². The van der Waals surface area contributed by atoms with Crippen LogP contribution < -0.4 is 0 Å². The molecule has 0 aromatic carbocycles. The molecular formula is C6H12N2O. The number of carbonyl (C=O) groups is 1. The van der Waals surface area contributed by atoms with Gasteiger partial charge < -0.3 is 9.80 Å². The number of rotatable bonds is 1. The van der Waals surface area contributed by atoms with Gasteiger partial charge in [-0.3, -0.25) is 0 Å². The van der Waals surface area contributed by atoms with E-state index in [0.29, 0.717) is 0 Å². The van der Waals surface area contributed by atoms with E-state index in [1.165, 1.54) is 0 Å². The van der Waals surface area contributed by atoms with Gasteiger partial charge in [0, 0.05) is 26.7 Å². The van der Waals surface area contributed by atoms with Crippen molar-refractivity contribution in [2.75, 3.05) is 26.7 Å². The second-order valence-electron chi connectivity index (χ2n) is 2.28. The first-order chi connectivity index (χ1) is 4.25. The molecule has 9 heavy (non-hydrogen) atoms. The molecule has 0 radical (unpaired) electrons. The predicted molar refractivity (Wildman–Crippen MR) is 35.3 cm³/mol. The van der Waals surface area contributed by atoms with Gasteiger partial charge in [-0.15, -0.1) is 0 Å². The van der Waals surface area contributed by atoms with Crippen LogP contribution in [0.2, 0.25) is 0 Å². The number of urea groups is 1. The molecule has 0 unspecified atom stereocenters. The van der Waals surface area contributed by atoms with E-state index < -0.39 is 0 Å². The number of nitrogens with zero attached hydrogens (tertiary/aromatic N) is 2. The number of hydrogen-bond acceptors (Lipinski definition) is 1. The molecule has 1 fully saturated rings. The molecule has 52 valence electrons. The van der Waals surface area contributed by atoms with Crippen LogP contribution in [0, 0.1) is 0 Å². The first-order valence-corrected chi connectivity index (χ1v) is 3.25. The summed E-state index contributed by atoms with van der Waals surface area (Å²) in [6, 6.07) is 0.164. The highest BCUT2D eigenvalue weighted by Gasteiger charge is 2.22. The Morgan fingerprint density at radius 1 is 1.56 bits per heavy atom. The normalized spacial score (nSPS) is 19.6. The zero-order chi connectivity index (χ0) is 6.85. The van der Waals surface area contributed by atoms with Gasteiger partial charge in [0.1, 0.15) is 0 Å². The Labute approximate surface area is 55.2 Å². The summed E-state index contributed by atoms with van der Waals surface area (Å²) in [5.41, 5.74) is 0. The Bertz CT molecular complexity index is 124. The van der Waals surface area contributed by atoms with E-state index in [0.717, 1.165) is 19.6 Å². The second kappa shape index (κ2) is 2.25. The van der Waals surface area contributed by atoms with Gasteiger partial charge in [-0.1, -0.05) is 0 Å². The van der Waals surface area contributed by atoms with E-state index in [9.17, 15) is 4.79 Å². The summed E-state index contributed by atoms with van der Waals surface area (Å²) in [7, 11) is 1.83. The lowest BCUT2D eigenvalue weighted by molar-refractivity contribution is 0.200. The SMILES string of the molecule is CCN1CCN(C)C1=O. The van der Waals surface area contributed by atoms with Crippen LogP contribution in [0.15, 0.2) is 0 Å². The van der Waals surface area contributed by atoms with Crippen molar-refractivity contribution in [3.8, 4) is 0 Å². The Hall–Kier alpha value is -0.730. The van der Waals surface area contributed by atoms with Crippen LogP contribution in [0.4, 0.5) is 4.79 Å². The maximum absolute atomic E-state index is 11.0. The Balaban J connectivity index is 2.51. The van der Waals surface area contributed by atoms with Crippen LogP contribution in [0.5, 0.6) is 0 Å². The lowest BCUT2D eigenvalue weighted by atomic mass is 10.6. The first kappa shape index (κ1) is 6.39. The summed E-state index contributed by atoms with van der Waals surface area (Å²) in [6.07, 6.45) is 0. The van der Waals surface area contributed by atoms with Gasteiger partial charge in [-0.25, -0.2) is 4.79 Å². The Morgan fingerprint density at radius 2 is 2.22 bits per heavy atom. The zero-order valence-electron chi connectivity index (χ0n) is 5.92. The minimum absolute atomic E-state index is 0.164. The molecule has 0 spiro atoms. The van der Waals surface area contributed by atoms with Crippen molar-refractivity contribution in [3.05, 3.63) is 0 Å². The molecule has 1 rings (SSSR count). The molecular weight excluding hydrogens is 116 g/mol. The maximum atomic E-state index is 11.0. The highest BCUT2D eigenvalue weighted by atomic mass is 16.2. The molecule has 0 aliphatic carbocycles. The van der Waals surface area contributed by atoms with Crippen LogP contribution in [-0.2, 0) is 0 Å². The molecule has 1 aliphatic rings. The number of amides is 2. The quantitative estimate of drug-likeness (QED) is 0.500. The van der Waals surface area contributed by atoms with Crippen LogP contribution in [0.1, 0.15) is 6.92 Å². The summed E-state index contributed by atoms with van der Waals surface area (Å²) in [5.74, 6) is 0. The van der Waals surface area contributed by atoms with Crippen molar-refractivity contribution in [2.24, 2.45) is 0 Å². The van der Waals surface area contributed by atoms with Crippen LogP contribution in [-0.4, -0.2) is 42.5 Å². The van der Waals surface area contributed by atoms with E-state index in [2.05, 4.69) is 0 Å². The minimum atomic E-state index is 0.164. The number of carbonyl (C=O) groups excluding carboxylic acids is 1. The molecule has 0 saturated carbocycles. The van der Waals surface area contributed by atoms with Crippen molar-refractivity contribution in [2.45, 2.75) is 6.92 Å². The number of hydrogen-bond donors (Lipinski definition) is 0. The summed E-state index contributed by atoms with van der Waals surface area (Å²) in [5, 5.41) is 0. The standard InChI is InChI=1S/C6H12N2O/c1-3-8-5-4-7(2)6(8)9/h3-5H2,1-2H3. The molecule has 0 bridgehead atoms. The maximum Gasteiger partial charge on any atom is 0.319 e. The molecule has 0 aromatic rings. The van der Waals surface area contributed by atoms with Gasteiger partial charge in [0.2, 0.25) is 0 Å². The van der Waals surface area contributed by atoms with Crippen molar-refractivity contribution >= 4 is 6.03 Å². The van der Waals surface area contributed by atoms with Crippen LogP contribution in [0.25, 0.3) is 0 Å². The largest absolute Gasteiger partial charge is 0.326 e. The average molecular weight is 128 g/mol. The fourth-order valence-electron chi connectivity index (χ4n) is 0.997. The van der Waals surface area contributed by atoms with Gasteiger partial charge >= 0.3 is 6.03 Å². The molecule has 1 aliphatic heterocycles. The van der Waals surface area contributed by atoms with E-state index in [1.54, 1.807) is 4.90 Å². The molecule has 2 amide bonds. The van der Waals surface area contributed by atoms with Gasteiger partial charge in [0.25, 0.3) is 0 Å². The fourth-order valence-corrected chi connectivity index (χ4v) is 0.997. The lowest BCUT2D eigenvalue weighted by Gasteiger charge is -2.11. The molecule has 0 atom stereocenters. The Morgan fingerprint density at radius 3 is 2.44 bits per heavy atom. The van der Waals surface area contributed by atoms with Crippen molar-refractivity contribution in [3.63, 3.8) is 0 Å². The van der Waals surface area contributed by atoms with E-state index in [1.807, 2.05) is 18.9 Å². The summed E-state index contributed by atoms with van der Waals surface area (Å²) in [6.45, 7) is 4.61. The zero-order valence-corrected chi connectivity index (χ0v) is 5.92. The molecule has 0 N–H and O–H groups in total. The summed E-state index contributed by atoms with van der Waals surface area (Å²) in [4.78, 5) is 14.6. The third kappa shape index (κ3) is 0.992. The fraction of sp³-hybridized carbons (Fsp3) is 0.833. The van der Waals surface area contributed by atoms with E-state index in [4.69, 9.17) is 0 Å². The third-order valence-corrected chi connectivity index (χ3v) is 1.68. The van der Waals surface area contributed by atoms with Crippen molar-refractivity contribution < 1.29 is 4.79 Å². The second-order valence-corrected chi connectivity index (χ2v) is 2.28. The minimum Gasteiger partial charge on any atom is -0.326 e. The first-order valence-electron chi connectivity index (χ1n) is 3.25. The van der Waals surface area contributed by atoms with Gasteiger partial charge in [-0.2, -0.15) is 0 Å². The highest BCUT2D eigenvalue weighted by molar-refractivity contribution is 5.76. The average Bonchev–Trinajstić information content (AvgIpc) is 2.15. The highest BCUT2D eigenvalue weighted by Crippen LogP contribution is 2.03. The monoisotopic (exact) mass is 128 g/mol. The summed E-state index contributed by atoms with van der Waals surface area (Å²) < 4.78 is 0. The summed E-state index contributed by atoms with van der Waals surface area (Å²) >= 11 is 0. The smallest absolute Gasteiger partial charge is 0.319 e. The number of likely N-dealkylation sites (N-methyl/N-ethyl adjacent to an activating group) is 2. The Kier molecular flexibility index (Phi) is 1.60. The molecule has 0 aromatic heterocycles.